The zero-order valence-corrected chi connectivity index (χ0v) is 9.51. The Morgan fingerprint density at radius 2 is 2.00 bits per heavy atom. The molecule has 1 unspecified atom stereocenters. The first kappa shape index (κ1) is 15.3. The molecule has 0 rings (SSSR count). The van der Waals surface area contributed by atoms with Crippen molar-refractivity contribution < 1.29 is 29.4 Å². The number of rotatable bonds is 7. The topological polar surface area (TPSA) is 141 Å². The molecule has 0 spiro atoms. The Morgan fingerprint density at radius 3 is 2.38 bits per heavy atom. The molecule has 1 atom stereocenters. The van der Waals surface area contributed by atoms with Crippen molar-refractivity contribution in [1.29, 1.82) is 0 Å². The molecule has 8 heteroatoms. The van der Waals surface area contributed by atoms with Gasteiger partial charge in [-0.3, -0.25) is 9.36 Å². The highest BCUT2D eigenvalue weighted by Gasteiger charge is 2.18. The minimum Gasteiger partial charge on any atom is -0.480 e. The van der Waals surface area contributed by atoms with Crippen LogP contribution >= 0.6 is 7.60 Å². The third kappa shape index (κ3) is 7.56. The van der Waals surface area contributed by atoms with Crippen LogP contribution in [0, 0.1) is 0 Å². The van der Waals surface area contributed by atoms with E-state index < -0.39 is 25.8 Å². The number of hydrogen-bond acceptors (Lipinski definition) is 4. The first-order chi connectivity index (χ1) is 7.26. The van der Waals surface area contributed by atoms with Crippen molar-refractivity contribution in [2.45, 2.75) is 18.9 Å². The van der Waals surface area contributed by atoms with Crippen LogP contribution in [0.1, 0.15) is 12.8 Å². The van der Waals surface area contributed by atoms with Gasteiger partial charge in [0.1, 0.15) is 6.04 Å². The molecule has 0 bridgehead atoms. The maximum atomic E-state index is 10.8. The smallest absolute Gasteiger partial charge is 0.329 e. The summed E-state index contributed by atoms with van der Waals surface area (Å²) < 4.78 is 10.8. The number of hydrogen-bond donors (Lipinski definition) is 5. The van der Waals surface area contributed by atoms with Crippen molar-refractivity contribution in [2.75, 3.05) is 12.8 Å². The first-order valence-corrected chi connectivity index (χ1v) is 6.39. The van der Waals surface area contributed by atoms with E-state index in [1.54, 1.807) is 0 Å². The van der Waals surface area contributed by atoms with Crippen LogP contribution in [-0.2, 0) is 9.36 Å². The Balaban J connectivity index is 4.65. The van der Waals surface area contributed by atoms with Crippen molar-refractivity contribution in [2.24, 2.45) is 5.73 Å². The van der Waals surface area contributed by atoms with Gasteiger partial charge in [0, 0.05) is 6.61 Å². The highest BCUT2D eigenvalue weighted by atomic mass is 31.2. The summed E-state index contributed by atoms with van der Waals surface area (Å²) in [4.78, 5) is 28.0. The second kappa shape index (κ2) is 6.78. The molecular formula is C8H16NO6P. The predicted molar refractivity (Wildman–Crippen MR) is 56.9 cm³/mol. The molecule has 7 nitrogen and oxygen atoms in total. The number of carboxylic acid groups (broad SMARTS) is 1. The van der Waals surface area contributed by atoms with Crippen LogP contribution in [0.3, 0.4) is 0 Å². The maximum absolute atomic E-state index is 10.8. The van der Waals surface area contributed by atoms with E-state index in [0.717, 1.165) is 6.08 Å². The van der Waals surface area contributed by atoms with E-state index >= 15 is 0 Å². The number of nitrogens with two attached hydrogens (primary N) is 1. The molecule has 6 N–H and O–H groups in total. The van der Waals surface area contributed by atoms with Crippen molar-refractivity contribution in [3.8, 4) is 0 Å². The summed E-state index contributed by atoms with van der Waals surface area (Å²) in [7, 11) is -4.25. The van der Waals surface area contributed by atoms with Gasteiger partial charge in [0.2, 0.25) is 0 Å². The number of carbonyl (C=O) groups is 1. The minimum atomic E-state index is -4.25. The molecule has 0 amide bonds. The Kier molecular flexibility index (Phi) is 6.47. The quantitative estimate of drug-likeness (QED) is 0.297. The molecular weight excluding hydrogens is 237 g/mol. The van der Waals surface area contributed by atoms with E-state index in [0.29, 0.717) is 6.42 Å². The van der Waals surface area contributed by atoms with Crippen LogP contribution in [0.2, 0.25) is 0 Å². The lowest BCUT2D eigenvalue weighted by molar-refractivity contribution is -0.137. The van der Waals surface area contributed by atoms with Gasteiger partial charge in [0.15, 0.2) is 0 Å². The summed E-state index contributed by atoms with van der Waals surface area (Å²) >= 11 is 0. The lowest BCUT2D eigenvalue weighted by atomic mass is 10.1. The number of aliphatic hydroxyl groups excluding tert-OH is 1. The van der Waals surface area contributed by atoms with Gasteiger partial charge in [-0.15, -0.1) is 0 Å². The van der Waals surface area contributed by atoms with Crippen molar-refractivity contribution in [3.63, 3.8) is 0 Å². The second-order valence-electron chi connectivity index (χ2n) is 3.34. The maximum Gasteiger partial charge on any atom is 0.329 e. The third-order valence-corrected chi connectivity index (χ3v) is 2.58. The molecule has 94 valence electrons. The summed E-state index contributed by atoms with van der Waals surface area (Å²) in [5.41, 5.74) is 5.46. The summed E-state index contributed by atoms with van der Waals surface area (Å²) in [5.74, 6) is -1.27. The predicted octanol–water partition coefficient (Wildman–Crippen LogP) is -0.725. The Morgan fingerprint density at radius 1 is 1.44 bits per heavy atom. The molecule has 0 saturated carbocycles. The van der Waals surface area contributed by atoms with Crippen molar-refractivity contribution in [1.82, 2.24) is 0 Å². The number of aliphatic hydroxyl groups is 1. The van der Waals surface area contributed by atoms with E-state index in [9.17, 15) is 9.36 Å². The number of aliphatic carboxylic acids is 1. The van der Waals surface area contributed by atoms with Gasteiger partial charge in [-0.2, -0.15) is 0 Å². The third-order valence-electron chi connectivity index (χ3n) is 1.77. The summed E-state index contributed by atoms with van der Waals surface area (Å²) in [6.45, 7) is -0.138. The molecule has 0 heterocycles. The van der Waals surface area contributed by atoms with Crippen LogP contribution in [-0.4, -0.2) is 44.8 Å². The normalized spacial score (nSPS) is 14.9. The number of carboxylic acids is 1. The molecule has 0 saturated heterocycles. The van der Waals surface area contributed by atoms with Crippen LogP contribution < -0.4 is 5.73 Å². The van der Waals surface area contributed by atoms with E-state index in [1.165, 1.54) is 0 Å². The fraction of sp³-hybridized carbons (Fsp3) is 0.625. The molecule has 16 heavy (non-hydrogen) atoms. The molecule has 0 aromatic heterocycles. The van der Waals surface area contributed by atoms with Crippen LogP contribution in [0.15, 0.2) is 11.6 Å². The SMILES string of the molecule is NC(C=C(CCCO)CP(=O)(O)O)C(=O)O. The van der Waals surface area contributed by atoms with Crippen molar-refractivity contribution >= 4 is 13.6 Å². The molecule has 0 aliphatic carbocycles. The highest BCUT2D eigenvalue weighted by molar-refractivity contribution is 7.52. The monoisotopic (exact) mass is 253 g/mol. The van der Waals surface area contributed by atoms with Crippen LogP contribution in [0.5, 0.6) is 0 Å². The van der Waals surface area contributed by atoms with Crippen LogP contribution in [0.25, 0.3) is 0 Å². The average molecular weight is 253 g/mol. The van der Waals surface area contributed by atoms with E-state index in [2.05, 4.69) is 0 Å². The highest BCUT2D eigenvalue weighted by Crippen LogP contribution is 2.37. The number of allylic oxidation sites excluding steroid dienone is 1. The lowest BCUT2D eigenvalue weighted by Gasteiger charge is -2.10. The minimum absolute atomic E-state index is 0.138. The molecule has 0 aromatic rings. The molecule has 0 fully saturated rings. The largest absolute Gasteiger partial charge is 0.480 e. The summed E-state index contributed by atoms with van der Waals surface area (Å²) in [6.07, 6.45) is 1.09. The summed E-state index contributed by atoms with van der Waals surface area (Å²) in [6, 6.07) is -1.29. The molecule has 0 aliphatic rings. The molecule has 0 aromatic carbocycles. The standard InChI is InChI=1S/C8H16NO6P/c9-7(8(11)12)4-6(2-1-3-10)5-16(13,14)15/h4,7,10H,1-3,5,9H2,(H,11,12)(H2,13,14,15). The Hall–Kier alpha value is -0.720. The zero-order valence-electron chi connectivity index (χ0n) is 8.61. The molecule has 0 aliphatic heterocycles. The van der Waals surface area contributed by atoms with E-state index in [4.69, 9.17) is 25.7 Å². The van der Waals surface area contributed by atoms with Crippen LogP contribution in [0.4, 0.5) is 0 Å². The average Bonchev–Trinajstić information content (AvgIpc) is 2.11. The van der Waals surface area contributed by atoms with E-state index in [-0.39, 0.29) is 18.6 Å². The molecule has 0 radical (unpaired) electrons. The first-order valence-electron chi connectivity index (χ1n) is 4.59. The van der Waals surface area contributed by atoms with Gasteiger partial charge < -0.3 is 25.7 Å². The van der Waals surface area contributed by atoms with Gasteiger partial charge in [0.25, 0.3) is 0 Å². The van der Waals surface area contributed by atoms with Crippen molar-refractivity contribution in [3.05, 3.63) is 11.6 Å². The lowest BCUT2D eigenvalue weighted by Crippen LogP contribution is -2.28. The summed E-state index contributed by atoms with van der Waals surface area (Å²) in [5, 5.41) is 17.1. The Bertz CT molecular complexity index is 310. The van der Waals surface area contributed by atoms with Gasteiger partial charge >= 0.3 is 13.6 Å². The van der Waals surface area contributed by atoms with Gasteiger partial charge in [0.05, 0.1) is 6.16 Å². The Labute approximate surface area is 92.7 Å². The fourth-order valence-electron chi connectivity index (χ4n) is 1.11. The van der Waals surface area contributed by atoms with Gasteiger partial charge in [-0.05, 0) is 12.8 Å². The van der Waals surface area contributed by atoms with Gasteiger partial charge in [-0.25, -0.2) is 0 Å². The van der Waals surface area contributed by atoms with Gasteiger partial charge in [-0.1, -0.05) is 11.6 Å². The zero-order chi connectivity index (χ0) is 12.8. The second-order valence-corrected chi connectivity index (χ2v) is 4.98. The van der Waals surface area contributed by atoms with E-state index in [1.807, 2.05) is 0 Å². The fourth-order valence-corrected chi connectivity index (χ4v) is 1.90.